The second-order valence-electron chi connectivity index (χ2n) is 4.57. The van der Waals surface area contributed by atoms with Crippen molar-refractivity contribution in [2.75, 3.05) is 13.1 Å². The number of nitrogens with zero attached hydrogens (tertiary/aromatic N) is 2. The van der Waals surface area contributed by atoms with Gasteiger partial charge in [-0.15, -0.1) is 0 Å². The van der Waals surface area contributed by atoms with E-state index in [4.69, 9.17) is 23.2 Å². The van der Waals surface area contributed by atoms with E-state index in [1.807, 2.05) is 12.1 Å². The standard InChI is InChI=1S/C14H18Cl2N2/c1-2-3-8-18-9-4-5-14(18)17-13-7-6-11(15)10-12(13)16/h6-7,10H,2-5,8-9H2,1H3. The van der Waals surface area contributed by atoms with E-state index in [-0.39, 0.29) is 0 Å². The average molecular weight is 285 g/mol. The molecule has 2 nitrogen and oxygen atoms in total. The molecule has 0 N–H and O–H groups in total. The van der Waals surface area contributed by atoms with Gasteiger partial charge in [-0.1, -0.05) is 36.5 Å². The monoisotopic (exact) mass is 284 g/mol. The summed E-state index contributed by atoms with van der Waals surface area (Å²) in [7, 11) is 0. The normalized spacial score (nSPS) is 17.7. The Labute approximate surface area is 119 Å². The van der Waals surface area contributed by atoms with Crippen molar-refractivity contribution in [1.82, 2.24) is 4.90 Å². The predicted molar refractivity (Wildman–Crippen MR) is 79.3 cm³/mol. The Bertz CT molecular complexity index is 443. The quantitative estimate of drug-likeness (QED) is 0.766. The Morgan fingerprint density at radius 3 is 2.89 bits per heavy atom. The van der Waals surface area contributed by atoms with E-state index in [9.17, 15) is 0 Å². The topological polar surface area (TPSA) is 15.6 Å². The number of hydrogen-bond donors (Lipinski definition) is 0. The van der Waals surface area contributed by atoms with E-state index in [1.165, 1.54) is 19.3 Å². The van der Waals surface area contributed by atoms with Gasteiger partial charge < -0.3 is 4.90 Å². The molecule has 1 heterocycles. The van der Waals surface area contributed by atoms with E-state index in [0.29, 0.717) is 10.0 Å². The fourth-order valence-electron chi connectivity index (χ4n) is 2.14. The summed E-state index contributed by atoms with van der Waals surface area (Å²) in [5.41, 5.74) is 0.819. The van der Waals surface area contributed by atoms with Gasteiger partial charge >= 0.3 is 0 Å². The van der Waals surface area contributed by atoms with Crippen molar-refractivity contribution in [3.8, 4) is 0 Å². The summed E-state index contributed by atoms with van der Waals surface area (Å²) < 4.78 is 0. The van der Waals surface area contributed by atoms with Crippen LogP contribution < -0.4 is 0 Å². The summed E-state index contributed by atoms with van der Waals surface area (Å²) in [6.07, 6.45) is 4.66. The summed E-state index contributed by atoms with van der Waals surface area (Å²) in [5.74, 6) is 1.16. The van der Waals surface area contributed by atoms with Gasteiger partial charge in [-0.2, -0.15) is 0 Å². The van der Waals surface area contributed by atoms with Crippen molar-refractivity contribution in [3.63, 3.8) is 0 Å². The molecule has 0 atom stereocenters. The minimum Gasteiger partial charge on any atom is -0.360 e. The fourth-order valence-corrected chi connectivity index (χ4v) is 2.59. The number of likely N-dealkylation sites (tertiary alicyclic amines) is 1. The maximum absolute atomic E-state index is 6.15. The first-order valence-corrected chi connectivity index (χ1v) is 7.24. The van der Waals surface area contributed by atoms with Gasteiger partial charge in [0.25, 0.3) is 0 Å². The molecule has 1 aromatic carbocycles. The molecule has 0 amide bonds. The van der Waals surface area contributed by atoms with Crippen molar-refractivity contribution in [2.24, 2.45) is 4.99 Å². The molecule has 4 heteroatoms. The van der Waals surface area contributed by atoms with Crippen molar-refractivity contribution >= 4 is 34.7 Å². The van der Waals surface area contributed by atoms with Crippen LogP contribution in [-0.4, -0.2) is 23.8 Å². The Morgan fingerprint density at radius 2 is 2.17 bits per heavy atom. The Balaban J connectivity index is 2.15. The first kappa shape index (κ1) is 13.7. The first-order chi connectivity index (χ1) is 8.70. The Hall–Kier alpha value is -0.730. The van der Waals surface area contributed by atoms with Gasteiger partial charge in [0.05, 0.1) is 10.7 Å². The molecule has 0 unspecified atom stereocenters. The van der Waals surface area contributed by atoms with Gasteiger partial charge in [0.15, 0.2) is 0 Å². The summed E-state index contributed by atoms with van der Waals surface area (Å²) in [4.78, 5) is 7.05. The minimum atomic E-state index is 0.623. The molecule has 2 rings (SSSR count). The van der Waals surface area contributed by atoms with E-state index in [2.05, 4.69) is 16.8 Å². The van der Waals surface area contributed by atoms with E-state index >= 15 is 0 Å². The number of aliphatic imine (C=N–C) groups is 1. The number of unbranched alkanes of at least 4 members (excludes halogenated alkanes) is 1. The van der Waals surface area contributed by atoms with Crippen LogP contribution in [0.4, 0.5) is 5.69 Å². The van der Waals surface area contributed by atoms with Crippen LogP contribution in [0.25, 0.3) is 0 Å². The van der Waals surface area contributed by atoms with Gasteiger partial charge in [-0.25, -0.2) is 4.99 Å². The molecule has 0 aromatic heterocycles. The SMILES string of the molecule is CCCCN1CCCC1=Nc1ccc(Cl)cc1Cl. The lowest BCUT2D eigenvalue weighted by molar-refractivity contribution is 0.440. The number of halogens is 2. The third kappa shape index (κ3) is 3.39. The lowest BCUT2D eigenvalue weighted by atomic mass is 10.3. The summed E-state index contributed by atoms with van der Waals surface area (Å²) in [6, 6.07) is 5.46. The largest absolute Gasteiger partial charge is 0.360 e. The number of hydrogen-bond acceptors (Lipinski definition) is 1. The number of rotatable bonds is 4. The third-order valence-electron chi connectivity index (χ3n) is 3.13. The van der Waals surface area contributed by atoms with Gasteiger partial charge in [0.2, 0.25) is 0 Å². The summed E-state index contributed by atoms with van der Waals surface area (Å²) >= 11 is 12.0. The number of benzene rings is 1. The summed E-state index contributed by atoms with van der Waals surface area (Å²) in [5, 5.41) is 1.27. The molecule has 1 aromatic rings. The van der Waals surface area contributed by atoms with E-state index < -0.39 is 0 Å². The molecule has 1 fully saturated rings. The van der Waals surface area contributed by atoms with Gasteiger partial charge in [0, 0.05) is 24.5 Å². The van der Waals surface area contributed by atoms with E-state index in [0.717, 1.165) is 31.0 Å². The molecule has 0 bridgehead atoms. The smallest absolute Gasteiger partial charge is 0.105 e. The minimum absolute atomic E-state index is 0.623. The third-order valence-corrected chi connectivity index (χ3v) is 3.67. The van der Waals surface area contributed by atoms with Crippen molar-refractivity contribution in [2.45, 2.75) is 32.6 Å². The van der Waals surface area contributed by atoms with Crippen LogP contribution in [0.2, 0.25) is 10.0 Å². The molecule has 1 aliphatic heterocycles. The molecular weight excluding hydrogens is 267 g/mol. The second-order valence-corrected chi connectivity index (χ2v) is 5.41. The highest BCUT2D eigenvalue weighted by Crippen LogP contribution is 2.29. The van der Waals surface area contributed by atoms with Crippen LogP contribution in [0.1, 0.15) is 32.6 Å². The highest BCUT2D eigenvalue weighted by Gasteiger charge is 2.18. The van der Waals surface area contributed by atoms with Crippen LogP contribution >= 0.6 is 23.2 Å². The molecular formula is C14H18Cl2N2. The zero-order valence-corrected chi connectivity index (χ0v) is 12.1. The van der Waals surface area contributed by atoms with Crippen LogP contribution in [0.15, 0.2) is 23.2 Å². The highest BCUT2D eigenvalue weighted by molar-refractivity contribution is 6.36. The van der Waals surface area contributed by atoms with E-state index in [1.54, 1.807) is 6.07 Å². The average Bonchev–Trinajstić information content (AvgIpc) is 2.77. The maximum Gasteiger partial charge on any atom is 0.105 e. The molecule has 1 saturated heterocycles. The molecule has 0 aliphatic carbocycles. The molecule has 0 spiro atoms. The van der Waals surface area contributed by atoms with Crippen molar-refractivity contribution in [3.05, 3.63) is 28.2 Å². The highest BCUT2D eigenvalue weighted by atomic mass is 35.5. The first-order valence-electron chi connectivity index (χ1n) is 6.48. The molecule has 98 valence electrons. The van der Waals surface area contributed by atoms with Crippen LogP contribution in [0.3, 0.4) is 0 Å². The van der Waals surface area contributed by atoms with Crippen molar-refractivity contribution < 1.29 is 0 Å². The molecule has 0 radical (unpaired) electrons. The Morgan fingerprint density at radius 1 is 1.33 bits per heavy atom. The van der Waals surface area contributed by atoms with Crippen LogP contribution in [0.5, 0.6) is 0 Å². The maximum atomic E-state index is 6.15. The van der Waals surface area contributed by atoms with Crippen LogP contribution in [0, 0.1) is 0 Å². The van der Waals surface area contributed by atoms with Gasteiger partial charge in [-0.3, -0.25) is 0 Å². The zero-order valence-electron chi connectivity index (χ0n) is 10.6. The van der Waals surface area contributed by atoms with Crippen LogP contribution in [-0.2, 0) is 0 Å². The van der Waals surface area contributed by atoms with Gasteiger partial charge in [0.1, 0.15) is 5.84 Å². The molecule has 18 heavy (non-hydrogen) atoms. The second kappa shape index (κ2) is 6.44. The predicted octanol–water partition coefficient (Wildman–Crippen LogP) is 4.92. The van der Waals surface area contributed by atoms with Gasteiger partial charge in [-0.05, 0) is 31.0 Å². The lowest BCUT2D eigenvalue weighted by Gasteiger charge is -2.18. The molecule has 0 saturated carbocycles. The fraction of sp³-hybridized carbons (Fsp3) is 0.500. The number of amidine groups is 1. The summed E-state index contributed by atoms with van der Waals surface area (Å²) in [6.45, 7) is 4.42. The zero-order chi connectivity index (χ0) is 13.0. The molecule has 1 aliphatic rings. The van der Waals surface area contributed by atoms with Crippen molar-refractivity contribution in [1.29, 1.82) is 0 Å². The lowest BCUT2D eigenvalue weighted by Crippen LogP contribution is -2.25. The Kier molecular flexibility index (Phi) is 4.90.